The van der Waals surface area contributed by atoms with Crippen molar-refractivity contribution in [2.75, 3.05) is 12.9 Å². The predicted octanol–water partition coefficient (Wildman–Crippen LogP) is 1.03. The van der Waals surface area contributed by atoms with E-state index in [2.05, 4.69) is 5.10 Å². The van der Waals surface area contributed by atoms with E-state index in [1.807, 2.05) is 0 Å². The molecule has 0 radical (unpaired) electrons. The van der Waals surface area contributed by atoms with Crippen LogP contribution in [-0.4, -0.2) is 36.0 Å². The van der Waals surface area contributed by atoms with Gasteiger partial charge in [0.2, 0.25) is 0 Å². The van der Waals surface area contributed by atoms with Gasteiger partial charge >= 0.3 is 5.69 Å². The first kappa shape index (κ1) is 13.9. The molecule has 0 bridgehead atoms. The second-order valence-electron chi connectivity index (χ2n) is 4.80. The quantitative estimate of drug-likeness (QED) is 0.455. The summed E-state index contributed by atoms with van der Waals surface area (Å²) < 4.78 is 28.0. The second-order valence-corrected chi connectivity index (χ2v) is 6.44. The van der Waals surface area contributed by atoms with E-state index < -0.39 is 15.0 Å². The zero-order valence-electron chi connectivity index (χ0n) is 10.6. The normalized spacial score (nSPS) is 23.1. The molecule has 0 aliphatic heterocycles. The van der Waals surface area contributed by atoms with Gasteiger partial charge in [0, 0.05) is 0 Å². The van der Waals surface area contributed by atoms with E-state index in [0.717, 1.165) is 19.1 Å². The number of rotatable bonds is 5. The van der Waals surface area contributed by atoms with Crippen LogP contribution in [0.25, 0.3) is 0 Å². The van der Waals surface area contributed by atoms with Gasteiger partial charge < -0.3 is 0 Å². The average Bonchev–Trinajstić information content (AvgIpc) is 2.56. The standard InChI is InChI=1S/C10H15N3O5S/c1-7-10(13(14)15)5-11-12(7)9-3-8(4-9)6-18-19(2,16)17/h5,8-9H,3-4,6H2,1-2H3/t8-,9-. The summed E-state index contributed by atoms with van der Waals surface area (Å²) in [6.45, 7) is 1.82. The van der Waals surface area contributed by atoms with E-state index in [1.54, 1.807) is 11.6 Å². The monoisotopic (exact) mass is 289 g/mol. The minimum absolute atomic E-state index is 0.0100. The van der Waals surface area contributed by atoms with Crippen molar-refractivity contribution in [3.8, 4) is 0 Å². The van der Waals surface area contributed by atoms with Crippen molar-refractivity contribution in [3.63, 3.8) is 0 Å². The molecule has 0 unspecified atom stereocenters. The van der Waals surface area contributed by atoms with Crippen LogP contribution in [0.3, 0.4) is 0 Å². The molecule has 1 aromatic rings. The van der Waals surface area contributed by atoms with Crippen LogP contribution in [0.1, 0.15) is 24.6 Å². The first-order valence-electron chi connectivity index (χ1n) is 5.81. The third kappa shape index (κ3) is 3.10. The molecule has 2 rings (SSSR count). The summed E-state index contributed by atoms with van der Waals surface area (Å²) >= 11 is 0. The average molecular weight is 289 g/mol. The van der Waals surface area contributed by atoms with Gasteiger partial charge in [0.25, 0.3) is 10.1 Å². The van der Waals surface area contributed by atoms with Crippen molar-refractivity contribution >= 4 is 15.8 Å². The first-order chi connectivity index (χ1) is 8.78. The Morgan fingerprint density at radius 2 is 2.21 bits per heavy atom. The molecular weight excluding hydrogens is 274 g/mol. The van der Waals surface area contributed by atoms with Crippen LogP contribution in [0.4, 0.5) is 5.69 Å². The maximum Gasteiger partial charge on any atom is 0.309 e. The summed E-state index contributed by atoms with van der Waals surface area (Å²) in [6, 6.07) is 0.0851. The Bertz CT molecular complexity index is 588. The summed E-state index contributed by atoms with van der Waals surface area (Å²) in [5, 5.41) is 14.7. The van der Waals surface area contributed by atoms with Crippen LogP contribution < -0.4 is 0 Å². The Morgan fingerprint density at radius 3 is 2.68 bits per heavy atom. The highest BCUT2D eigenvalue weighted by molar-refractivity contribution is 7.85. The van der Waals surface area contributed by atoms with Crippen molar-refractivity contribution < 1.29 is 17.5 Å². The highest BCUT2D eigenvalue weighted by atomic mass is 32.2. The molecule has 9 heteroatoms. The summed E-state index contributed by atoms with van der Waals surface area (Å²) in [6.07, 6.45) is 3.70. The molecule has 1 aliphatic carbocycles. The van der Waals surface area contributed by atoms with E-state index in [-0.39, 0.29) is 24.3 Å². The van der Waals surface area contributed by atoms with E-state index >= 15 is 0 Å². The van der Waals surface area contributed by atoms with Gasteiger partial charge in [0.05, 0.1) is 23.8 Å². The molecule has 0 atom stereocenters. The summed E-state index contributed by atoms with van der Waals surface area (Å²) in [4.78, 5) is 10.3. The Balaban J connectivity index is 1.92. The van der Waals surface area contributed by atoms with Crippen molar-refractivity contribution in [3.05, 3.63) is 22.0 Å². The molecule has 0 spiro atoms. The Hall–Kier alpha value is -1.48. The largest absolute Gasteiger partial charge is 0.309 e. The molecule has 1 aliphatic rings. The van der Waals surface area contributed by atoms with E-state index in [9.17, 15) is 18.5 Å². The zero-order chi connectivity index (χ0) is 14.2. The Kier molecular flexibility index (Phi) is 3.59. The maximum absolute atomic E-state index is 10.8. The Morgan fingerprint density at radius 1 is 1.58 bits per heavy atom. The molecule has 0 N–H and O–H groups in total. The van der Waals surface area contributed by atoms with Gasteiger partial charge in [-0.25, -0.2) is 0 Å². The fraction of sp³-hybridized carbons (Fsp3) is 0.700. The summed E-state index contributed by atoms with van der Waals surface area (Å²) in [7, 11) is -3.40. The first-order valence-corrected chi connectivity index (χ1v) is 7.62. The fourth-order valence-corrected chi connectivity index (χ4v) is 2.66. The Labute approximate surface area is 110 Å². The zero-order valence-corrected chi connectivity index (χ0v) is 11.5. The van der Waals surface area contributed by atoms with Crippen LogP contribution in [0.2, 0.25) is 0 Å². The third-order valence-electron chi connectivity index (χ3n) is 3.29. The second kappa shape index (κ2) is 4.89. The van der Waals surface area contributed by atoms with Crippen LogP contribution >= 0.6 is 0 Å². The minimum atomic E-state index is -3.40. The number of nitrogens with zero attached hydrogens (tertiary/aromatic N) is 3. The number of hydrogen-bond acceptors (Lipinski definition) is 6. The molecule has 106 valence electrons. The SMILES string of the molecule is Cc1c([N+](=O)[O-])cnn1[C@H]1C[C@H](COS(C)(=O)=O)C1. The van der Waals surface area contributed by atoms with Gasteiger partial charge in [0.1, 0.15) is 11.9 Å². The molecule has 0 aromatic carbocycles. The van der Waals surface area contributed by atoms with Gasteiger partial charge in [-0.15, -0.1) is 0 Å². The summed E-state index contributed by atoms with van der Waals surface area (Å²) in [5.74, 6) is 0.155. The van der Waals surface area contributed by atoms with Gasteiger partial charge in [-0.05, 0) is 25.7 Å². The number of nitro groups is 1. The lowest BCUT2D eigenvalue weighted by Gasteiger charge is -2.35. The van der Waals surface area contributed by atoms with Crippen molar-refractivity contribution in [2.24, 2.45) is 5.92 Å². The smallest absolute Gasteiger partial charge is 0.270 e. The van der Waals surface area contributed by atoms with Crippen LogP contribution in [0.5, 0.6) is 0 Å². The van der Waals surface area contributed by atoms with Crippen LogP contribution in [0.15, 0.2) is 6.20 Å². The number of aromatic nitrogens is 2. The van der Waals surface area contributed by atoms with Crippen molar-refractivity contribution in [1.29, 1.82) is 0 Å². The molecule has 1 heterocycles. The van der Waals surface area contributed by atoms with Gasteiger partial charge in [0.15, 0.2) is 0 Å². The van der Waals surface area contributed by atoms with Crippen molar-refractivity contribution in [2.45, 2.75) is 25.8 Å². The highest BCUT2D eigenvalue weighted by Crippen LogP contribution is 2.39. The fourth-order valence-electron chi connectivity index (χ4n) is 2.22. The molecule has 8 nitrogen and oxygen atoms in total. The minimum Gasteiger partial charge on any atom is -0.270 e. The van der Waals surface area contributed by atoms with Crippen LogP contribution in [-0.2, 0) is 14.3 Å². The molecule has 0 amide bonds. The van der Waals surface area contributed by atoms with E-state index in [4.69, 9.17) is 4.18 Å². The van der Waals surface area contributed by atoms with Gasteiger partial charge in [-0.2, -0.15) is 13.5 Å². The molecule has 0 saturated heterocycles. The van der Waals surface area contributed by atoms with Gasteiger partial charge in [-0.1, -0.05) is 0 Å². The highest BCUT2D eigenvalue weighted by Gasteiger charge is 2.34. The number of hydrogen-bond donors (Lipinski definition) is 0. The van der Waals surface area contributed by atoms with E-state index in [1.165, 1.54) is 6.20 Å². The van der Waals surface area contributed by atoms with Gasteiger partial charge in [-0.3, -0.25) is 19.0 Å². The molecule has 1 fully saturated rings. The van der Waals surface area contributed by atoms with Crippen LogP contribution in [0, 0.1) is 23.0 Å². The lowest BCUT2D eigenvalue weighted by molar-refractivity contribution is -0.385. The molecule has 1 saturated carbocycles. The summed E-state index contributed by atoms with van der Waals surface area (Å²) in [5.41, 5.74) is 0.535. The third-order valence-corrected chi connectivity index (χ3v) is 3.85. The lowest BCUT2D eigenvalue weighted by Crippen LogP contribution is -2.31. The predicted molar refractivity (Wildman–Crippen MR) is 66.2 cm³/mol. The molecule has 19 heavy (non-hydrogen) atoms. The molecular formula is C10H15N3O5S. The maximum atomic E-state index is 10.8. The van der Waals surface area contributed by atoms with E-state index in [0.29, 0.717) is 5.69 Å². The topological polar surface area (TPSA) is 104 Å². The van der Waals surface area contributed by atoms with Crippen molar-refractivity contribution in [1.82, 2.24) is 9.78 Å². The molecule has 1 aromatic heterocycles. The lowest BCUT2D eigenvalue weighted by atomic mass is 9.81.